The van der Waals surface area contributed by atoms with Crippen LogP contribution in [0.5, 0.6) is 0 Å². The fraction of sp³-hybridized carbons (Fsp3) is 0.417. The quantitative estimate of drug-likeness (QED) is 0.500. The zero-order valence-corrected chi connectivity index (χ0v) is 10.7. The average Bonchev–Trinajstić information content (AvgIpc) is 2.24. The molecule has 0 saturated heterocycles. The first-order chi connectivity index (χ1) is 8.06. The molecule has 3 nitrogen and oxygen atoms in total. The van der Waals surface area contributed by atoms with Crippen molar-refractivity contribution in [1.29, 1.82) is 0 Å². The zero-order valence-electron chi connectivity index (χ0n) is 9.90. The van der Waals surface area contributed by atoms with Gasteiger partial charge in [0.25, 0.3) is 0 Å². The molecule has 0 heterocycles. The monoisotopic (exact) mass is 257 g/mol. The van der Waals surface area contributed by atoms with Gasteiger partial charge < -0.3 is 10.5 Å². The Hall–Kier alpha value is -1.23. The number of carbonyl (C=O) groups is 1. The van der Waals surface area contributed by atoms with Crippen LogP contribution in [0.25, 0.3) is 0 Å². The Balaban J connectivity index is 2.76. The summed E-state index contributed by atoms with van der Waals surface area (Å²) >= 11 is 1.27. The lowest BCUT2D eigenvalue weighted by Crippen LogP contribution is -2.19. The molecule has 1 unspecified atom stereocenters. The molecule has 5 heteroatoms. The second-order valence-corrected chi connectivity index (χ2v) is 4.76. The summed E-state index contributed by atoms with van der Waals surface area (Å²) in [4.78, 5) is 12.2. The van der Waals surface area contributed by atoms with E-state index in [2.05, 4.69) is 0 Å². The molecule has 1 aromatic rings. The number of carbonyl (C=O) groups excluding carboxylic acids is 1. The Morgan fingerprint density at radius 1 is 1.47 bits per heavy atom. The van der Waals surface area contributed by atoms with Gasteiger partial charge in [-0.3, -0.25) is 4.79 Å². The highest BCUT2D eigenvalue weighted by Crippen LogP contribution is 2.28. The molecule has 0 amide bonds. The van der Waals surface area contributed by atoms with Crippen LogP contribution >= 0.6 is 11.8 Å². The topological polar surface area (TPSA) is 52.3 Å². The molecule has 0 fully saturated rings. The van der Waals surface area contributed by atoms with Crippen molar-refractivity contribution < 1.29 is 13.9 Å². The van der Waals surface area contributed by atoms with Crippen molar-refractivity contribution >= 4 is 23.4 Å². The molecule has 94 valence electrons. The maximum Gasteiger partial charge on any atom is 0.319 e. The number of halogens is 1. The highest BCUT2D eigenvalue weighted by molar-refractivity contribution is 8.00. The van der Waals surface area contributed by atoms with E-state index in [9.17, 15) is 9.18 Å². The first-order valence-corrected chi connectivity index (χ1v) is 6.34. The molecule has 0 spiro atoms. The highest BCUT2D eigenvalue weighted by Gasteiger charge is 2.19. The minimum Gasteiger partial charge on any atom is -0.465 e. The molecule has 0 bridgehead atoms. The molecule has 1 atom stereocenters. The van der Waals surface area contributed by atoms with Gasteiger partial charge in [0, 0.05) is 10.6 Å². The smallest absolute Gasteiger partial charge is 0.319 e. The summed E-state index contributed by atoms with van der Waals surface area (Å²) in [5.74, 6) is -0.672. The standard InChI is InChI=1S/C12H16FNO2S/c1-3-11(12(15)16-4-2)17-10-6-8(13)5-9(14)7-10/h5-7,11H,3-4,14H2,1-2H3. The summed E-state index contributed by atoms with van der Waals surface area (Å²) in [6.07, 6.45) is 0.625. The number of thioether (sulfide) groups is 1. The van der Waals surface area contributed by atoms with Gasteiger partial charge >= 0.3 is 5.97 Å². The molecule has 0 aliphatic rings. The average molecular weight is 257 g/mol. The van der Waals surface area contributed by atoms with Crippen molar-refractivity contribution in [2.45, 2.75) is 30.4 Å². The fourth-order valence-electron chi connectivity index (χ4n) is 1.35. The number of anilines is 1. The SMILES string of the molecule is CCOC(=O)C(CC)Sc1cc(N)cc(F)c1. The molecule has 0 aliphatic carbocycles. The molecule has 1 aromatic carbocycles. The van der Waals surface area contributed by atoms with Crippen LogP contribution in [0.3, 0.4) is 0 Å². The second-order valence-electron chi connectivity index (χ2n) is 3.49. The Morgan fingerprint density at radius 2 is 2.18 bits per heavy atom. The Labute approximate surface area is 105 Å². The Morgan fingerprint density at radius 3 is 2.71 bits per heavy atom. The van der Waals surface area contributed by atoms with Crippen LogP contribution in [-0.4, -0.2) is 17.8 Å². The van der Waals surface area contributed by atoms with Gasteiger partial charge in [0.15, 0.2) is 0 Å². The summed E-state index contributed by atoms with van der Waals surface area (Å²) in [5, 5.41) is -0.323. The van der Waals surface area contributed by atoms with Crippen LogP contribution in [0.2, 0.25) is 0 Å². The molecule has 0 aromatic heterocycles. The fourth-order valence-corrected chi connectivity index (χ4v) is 2.39. The molecular formula is C12H16FNO2S. The van der Waals surface area contributed by atoms with E-state index in [1.54, 1.807) is 13.0 Å². The third kappa shape index (κ3) is 4.26. The Kier molecular flexibility index (Phi) is 5.28. The van der Waals surface area contributed by atoms with Crippen molar-refractivity contribution in [1.82, 2.24) is 0 Å². The Bertz CT molecular complexity index is 378. The molecule has 2 N–H and O–H groups in total. The van der Waals surface area contributed by atoms with Crippen LogP contribution in [0, 0.1) is 5.82 Å². The number of nitrogens with two attached hydrogens (primary N) is 1. The van der Waals surface area contributed by atoms with E-state index in [4.69, 9.17) is 10.5 Å². The molecule has 0 saturated carbocycles. The molecular weight excluding hydrogens is 241 g/mol. The van der Waals surface area contributed by atoms with E-state index in [1.165, 1.54) is 23.9 Å². The normalized spacial score (nSPS) is 12.2. The second kappa shape index (κ2) is 6.49. The lowest BCUT2D eigenvalue weighted by molar-refractivity contribution is -0.142. The first kappa shape index (κ1) is 13.8. The minimum atomic E-state index is -0.397. The van der Waals surface area contributed by atoms with Gasteiger partial charge in [0.1, 0.15) is 11.1 Å². The lowest BCUT2D eigenvalue weighted by Gasteiger charge is -2.13. The molecule has 17 heavy (non-hydrogen) atoms. The van der Waals surface area contributed by atoms with Crippen LogP contribution in [0.4, 0.5) is 10.1 Å². The highest BCUT2D eigenvalue weighted by atomic mass is 32.2. The van der Waals surface area contributed by atoms with Gasteiger partial charge in [0.2, 0.25) is 0 Å². The van der Waals surface area contributed by atoms with Crippen molar-refractivity contribution in [2.75, 3.05) is 12.3 Å². The van der Waals surface area contributed by atoms with Crippen LogP contribution in [0.1, 0.15) is 20.3 Å². The summed E-state index contributed by atoms with van der Waals surface area (Å²) in [6, 6.07) is 4.26. The predicted octanol–water partition coefficient (Wildman–Crippen LogP) is 2.84. The summed E-state index contributed by atoms with van der Waals surface area (Å²) in [7, 11) is 0. The van der Waals surface area contributed by atoms with E-state index in [0.717, 1.165) is 0 Å². The third-order valence-electron chi connectivity index (χ3n) is 2.09. The van der Waals surface area contributed by atoms with Crippen LogP contribution in [0.15, 0.2) is 23.1 Å². The maximum atomic E-state index is 13.1. The number of hydrogen-bond donors (Lipinski definition) is 1. The van der Waals surface area contributed by atoms with Gasteiger partial charge in [-0.2, -0.15) is 0 Å². The van der Waals surface area contributed by atoms with Crippen LogP contribution in [-0.2, 0) is 9.53 Å². The van der Waals surface area contributed by atoms with Gasteiger partial charge in [-0.05, 0) is 31.5 Å². The molecule has 0 radical (unpaired) electrons. The van der Waals surface area contributed by atoms with E-state index in [1.807, 2.05) is 6.92 Å². The van der Waals surface area contributed by atoms with E-state index in [0.29, 0.717) is 23.6 Å². The predicted molar refractivity (Wildman–Crippen MR) is 67.4 cm³/mol. The number of rotatable bonds is 5. The van der Waals surface area contributed by atoms with Gasteiger partial charge in [-0.1, -0.05) is 6.92 Å². The van der Waals surface area contributed by atoms with E-state index in [-0.39, 0.29) is 11.2 Å². The lowest BCUT2D eigenvalue weighted by atomic mass is 10.3. The number of ether oxygens (including phenoxy) is 1. The molecule has 0 aliphatic heterocycles. The van der Waals surface area contributed by atoms with Crippen molar-refractivity contribution in [3.8, 4) is 0 Å². The zero-order chi connectivity index (χ0) is 12.8. The third-order valence-corrected chi connectivity index (χ3v) is 3.41. The van der Waals surface area contributed by atoms with Crippen molar-refractivity contribution in [2.24, 2.45) is 0 Å². The van der Waals surface area contributed by atoms with Crippen molar-refractivity contribution in [3.63, 3.8) is 0 Å². The largest absolute Gasteiger partial charge is 0.465 e. The van der Waals surface area contributed by atoms with Gasteiger partial charge in [0.05, 0.1) is 6.61 Å². The number of nitrogen functional groups attached to an aromatic ring is 1. The van der Waals surface area contributed by atoms with Crippen LogP contribution < -0.4 is 5.73 Å². The van der Waals surface area contributed by atoms with Gasteiger partial charge in [-0.25, -0.2) is 4.39 Å². The number of esters is 1. The van der Waals surface area contributed by atoms with E-state index < -0.39 is 5.82 Å². The molecule has 1 rings (SSSR count). The first-order valence-electron chi connectivity index (χ1n) is 5.46. The minimum absolute atomic E-state index is 0.275. The number of benzene rings is 1. The van der Waals surface area contributed by atoms with E-state index >= 15 is 0 Å². The summed E-state index contributed by atoms with van der Waals surface area (Å²) in [6.45, 7) is 3.99. The summed E-state index contributed by atoms with van der Waals surface area (Å²) < 4.78 is 18.1. The summed E-state index contributed by atoms with van der Waals surface area (Å²) in [5.41, 5.74) is 5.89. The maximum absolute atomic E-state index is 13.1. The van der Waals surface area contributed by atoms with Gasteiger partial charge in [-0.15, -0.1) is 11.8 Å². The number of hydrogen-bond acceptors (Lipinski definition) is 4. The van der Waals surface area contributed by atoms with Crippen molar-refractivity contribution in [3.05, 3.63) is 24.0 Å².